The van der Waals surface area contributed by atoms with Gasteiger partial charge in [0.2, 0.25) is 0 Å². The summed E-state index contributed by atoms with van der Waals surface area (Å²) < 4.78 is 6.72. The van der Waals surface area contributed by atoms with Crippen molar-refractivity contribution in [2.45, 2.75) is 50.7 Å². The molecule has 1 saturated carbocycles. The molecular formula is C16H23ClN4O3. The number of hydrogen-bond acceptors (Lipinski definition) is 5. The Kier molecular flexibility index (Phi) is 5.28. The molecule has 1 atom stereocenters. The fraction of sp³-hybridized carbons (Fsp3) is 0.688. The first-order valence-electron chi connectivity index (χ1n) is 8.48. The number of nitrogens with zero attached hydrogens (tertiary/aromatic N) is 3. The molecular weight excluding hydrogens is 332 g/mol. The number of rotatable bonds is 3. The maximum absolute atomic E-state index is 12.0. The van der Waals surface area contributed by atoms with Gasteiger partial charge in [-0.05, 0) is 12.8 Å². The smallest absolute Gasteiger partial charge is 0.407 e. The van der Waals surface area contributed by atoms with Crippen molar-refractivity contribution in [3.8, 4) is 0 Å². The molecule has 2 fully saturated rings. The summed E-state index contributed by atoms with van der Waals surface area (Å²) >= 11 is 6.13. The van der Waals surface area contributed by atoms with Gasteiger partial charge >= 0.3 is 6.09 Å². The second kappa shape index (κ2) is 7.42. The Morgan fingerprint density at radius 3 is 2.83 bits per heavy atom. The van der Waals surface area contributed by atoms with Gasteiger partial charge in [0, 0.05) is 26.1 Å². The molecule has 0 bridgehead atoms. The third-order valence-corrected chi connectivity index (χ3v) is 5.10. The number of alkyl carbamates (subject to hydrolysis) is 1. The molecule has 1 aromatic heterocycles. The van der Waals surface area contributed by atoms with E-state index in [2.05, 4.69) is 10.4 Å². The van der Waals surface area contributed by atoms with Gasteiger partial charge in [-0.1, -0.05) is 30.9 Å². The highest BCUT2D eigenvalue weighted by atomic mass is 35.5. The molecule has 2 aliphatic rings. The summed E-state index contributed by atoms with van der Waals surface area (Å²) in [6.07, 6.45) is 7.37. The highest BCUT2D eigenvalue weighted by Gasteiger charge is 2.28. The van der Waals surface area contributed by atoms with Gasteiger partial charge in [-0.15, -0.1) is 0 Å². The van der Waals surface area contributed by atoms with Gasteiger partial charge in [-0.2, -0.15) is 5.10 Å². The first-order chi connectivity index (χ1) is 11.5. The Labute approximate surface area is 145 Å². The van der Waals surface area contributed by atoms with Crippen LogP contribution in [0.1, 0.15) is 38.5 Å². The van der Waals surface area contributed by atoms with Gasteiger partial charge in [-0.3, -0.25) is 4.79 Å². The summed E-state index contributed by atoms with van der Waals surface area (Å²) in [7, 11) is 1.56. The van der Waals surface area contributed by atoms with Crippen LogP contribution < -0.4 is 15.8 Å². The molecule has 24 heavy (non-hydrogen) atoms. The number of ether oxygens (including phenoxy) is 1. The van der Waals surface area contributed by atoms with Crippen LogP contribution in [0, 0.1) is 0 Å². The van der Waals surface area contributed by atoms with Crippen LogP contribution in [0.4, 0.5) is 10.5 Å². The summed E-state index contributed by atoms with van der Waals surface area (Å²) in [5, 5.41) is 7.11. The van der Waals surface area contributed by atoms with Crippen molar-refractivity contribution in [2.24, 2.45) is 7.05 Å². The number of anilines is 1. The topological polar surface area (TPSA) is 76.5 Å². The van der Waals surface area contributed by atoms with E-state index >= 15 is 0 Å². The van der Waals surface area contributed by atoms with Crippen LogP contribution in [0.25, 0.3) is 0 Å². The third kappa shape index (κ3) is 3.83. The normalized spacial score (nSPS) is 21.8. The van der Waals surface area contributed by atoms with Crippen LogP contribution in [0.15, 0.2) is 11.0 Å². The van der Waals surface area contributed by atoms with Gasteiger partial charge in [0.1, 0.15) is 11.1 Å². The maximum Gasteiger partial charge on any atom is 0.407 e. The lowest BCUT2D eigenvalue weighted by atomic mass is 9.96. The van der Waals surface area contributed by atoms with Crippen molar-refractivity contribution < 1.29 is 9.53 Å². The van der Waals surface area contributed by atoms with Crippen LogP contribution >= 0.6 is 11.6 Å². The van der Waals surface area contributed by atoms with E-state index in [9.17, 15) is 9.59 Å². The lowest BCUT2D eigenvalue weighted by Crippen LogP contribution is -2.39. The fourth-order valence-electron chi connectivity index (χ4n) is 3.36. The predicted octanol–water partition coefficient (Wildman–Crippen LogP) is 2.07. The summed E-state index contributed by atoms with van der Waals surface area (Å²) in [6, 6.07) is 0.236. The standard InChI is InChI=1S/C16H23ClN4O3/c1-20-15(22)14(17)13(9-18-20)21-8-7-12(10-21)24-16(23)19-11-5-3-2-4-6-11/h9,11-12H,2-8,10H2,1H3,(H,19,23)/t12-/m1/s1. The average molecular weight is 355 g/mol. The molecule has 7 nitrogen and oxygen atoms in total. The first kappa shape index (κ1) is 17.1. The second-order valence-corrected chi connectivity index (χ2v) is 6.89. The van der Waals surface area contributed by atoms with Gasteiger partial charge in [0.05, 0.1) is 18.4 Å². The molecule has 0 aromatic carbocycles. The van der Waals surface area contributed by atoms with Gasteiger partial charge in [0.15, 0.2) is 0 Å². The predicted molar refractivity (Wildman–Crippen MR) is 91.6 cm³/mol. The highest BCUT2D eigenvalue weighted by Crippen LogP contribution is 2.26. The third-order valence-electron chi connectivity index (χ3n) is 4.75. The maximum atomic E-state index is 12.0. The number of amides is 1. The number of hydrogen-bond donors (Lipinski definition) is 1. The number of halogens is 1. The Hall–Kier alpha value is -1.76. The van der Waals surface area contributed by atoms with Crippen LogP contribution in [0.3, 0.4) is 0 Å². The van der Waals surface area contributed by atoms with Crippen molar-refractivity contribution >= 4 is 23.4 Å². The van der Waals surface area contributed by atoms with Gasteiger partial charge in [-0.25, -0.2) is 9.48 Å². The number of carbonyl (C=O) groups excluding carboxylic acids is 1. The zero-order chi connectivity index (χ0) is 17.1. The van der Waals surface area contributed by atoms with Crippen LogP contribution in [-0.4, -0.2) is 41.1 Å². The highest BCUT2D eigenvalue weighted by molar-refractivity contribution is 6.33. The first-order valence-corrected chi connectivity index (χ1v) is 8.86. The molecule has 0 radical (unpaired) electrons. The Morgan fingerprint density at radius 2 is 2.08 bits per heavy atom. The fourth-order valence-corrected chi connectivity index (χ4v) is 3.66. The molecule has 0 unspecified atom stereocenters. The summed E-state index contributed by atoms with van der Waals surface area (Å²) in [6.45, 7) is 1.20. The lowest BCUT2D eigenvalue weighted by Gasteiger charge is -2.23. The number of nitrogens with one attached hydrogen (secondary N) is 1. The van der Waals surface area contributed by atoms with Crippen molar-refractivity contribution in [3.05, 3.63) is 21.6 Å². The van der Waals surface area contributed by atoms with E-state index in [1.54, 1.807) is 13.2 Å². The zero-order valence-corrected chi connectivity index (χ0v) is 14.6. The molecule has 1 amide bonds. The van der Waals surface area contributed by atoms with E-state index in [0.29, 0.717) is 25.2 Å². The minimum absolute atomic E-state index is 0.153. The Morgan fingerprint density at radius 1 is 1.33 bits per heavy atom. The number of carbonyl (C=O) groups is 1. The van der Waals surface area contributed by atoms with Crippen molar-refractivity contribution in [1.82, 2.24) is 15.1 Å². The SMILES string of the molecule is Cn1ncc(N2CC[C@@H](OC(=O)NC3CCCCC3)C2)c(Cl)c1=O. The molecule has 1 aliphatic carbocycles. The molecule has 8 heteroatoms. The molecule has 1 saturated heterocycles. The quantitative estimate of drug-likeness (QED) is 0.899. The summed E-state index contributed by atoms with van der Waals surface area (Å²) in [4.78, 5) is 25.8. The minimum Gasteiger partial charge on any atom is -0.444 e. The van der Waals surface area contributed by atoms with E-state index in [1.165, 1.54) is 11.1 Å². The van der Waals surface area contributed by atoms with E-state index in [0.717, 1.165) is 25.7 Å². The summed E-state index contributed by atoms with van der Waals surface area (Å²) in [5.74, 6) is 0. The Balaban J connectivity index is 1.54. The molecule has 0 spiro atoms. The lowest BCUT2D eigenvalue weighted by molar-refractivity contribution is 0.103. The van der Waals surface area contributed by atoms with Crippen LogP contribution in [0.5, 0.6) is 0 Å². The average Bonchev–Trinajstić information content (AvgIpc) is 3.01. The van der Waals surface area contributed by atoms with Gasteiger partial charge < -0.3 is 15.0 Å². The summed E-state index contributed by atoms with van der Waals surface area (Å²) in [5.41, 5.74) is 0.270. The molecule has 132 valence electrons. The van der Waals surface area contributed by atoms with Crippen molar-refractivity contribution in [1.29, 1.82) is 0 Å². The van der Waals surface area contributed by atoms with Crippen molar-refractivity contribution in [2.75, 3.05) is 18.0 Å². The Bertz CT molecular complexity index is 657. The minimum atomic E-state index is -0.345. The largest absolute Gasteiger partial charge is 0.444 e. The molecule has 2 heterocycles. The van der Waals surface area contributed by atoms with Crippen molar-refractivity contribution in [3.63, 3.8) is 0 Å². The van der Waals surface area contributed by atoms with E-state index < -0.39 is 0 Å². The van der Waals surface area contributed by atoms with E-state index in [1.807, 2.05) is 4.90 Å². The number of aryl methyl sites for hydroxylation is 1. The molecule has 1 aromatic rings. The molecule has 3 rings (SSSR count). The monoisotopic (exact) mass is 354 g/mol. The van der Waals surface area contributed by atoms with Crippen LogP contribution in [-0.2, 0) is 11.8 Å². The molecule has 1 aliphatic heterocycles. The number of aromatic nitrogens is 2. The van der Waals surface area contributed by atoms with E-state index in [-0.39, 0.29) is 28.8 Å². The van der Waals surface area contributed by atoms with E-state index in [4.69, 9.17) is 16.3 Å². The molecule has 1 N–H and O–H groups in total. The zero-order valence-electron chi connectivity index (χ0n) is 13.8. The van der Waals surface area contributed by atoms with Gasteiger partial charge in [0.25, 0.3) is 5.56 Å². The second-order valence-electron chi connectivity index (χ2n) is 6.51. The van der Waals surface area contributed by atoms with Crippen LogP contribution in [0.2, 0.25) is 5.02 Å².